The van der Waals surface area contributed by atoms with Crippen LogP contribution in [0.4, 0.5) is 4.79 Å². The second-order valence-corrected chi connectivity index (χ2v) is 4.88. The lowest BCUT2D eigenvalue weighted by Crippen LogP contribution is -2.46. The highest BCUT2D eigenvalue weighted by Crippen LogP contribution is 2.14. The van der Waals surface area contributed by atoms with Gasteiger partial charge >= 0.3 is 6.09 Å². The summed E-state index contributed by atoms with van der Waals surface area (Å²) >= 11 is 0. The minimum absolute atomic E-state index is 0.0314. The van der Waals surface area contributed by atoms with Gasteiger partial charge in [-0.2, -0.15) is 0 Å². The summed E-state index contributed by atoms with van der Waals surface area (Å²) in [6.45, 7) is 7.04. The van der Waals surface area contributed by atoms with Crippen LogP contribution in [-0.2, 0) is 4.74 Å². The number of ether oxygens (including phenoxy) is 1. The first-order valence-corrected chi connectivity index (χ1v) is 6.69. The van der Waals surface area contributed by atoms with Gasteiger partial charge in [0.25, 0.3) is 0 Å². The Morgan fingerprint density at radius 3 is 2.76 bits per heavy atom. The monoisotopic (exact) mass is 241 g/mol. The van der Waals surface area contributed by atoms with Crippen molar-refractivity contribution in [2.45, 2.75) is 38.3 Å². The number of nitrogens with one attached hydrogen (secondary N) is 2. The van der Waals surface area contributed by atoms with E-state index in [2.05, 4.69) is 22.5 Å². The Bertz CT molecular complexity index is 254. The highest BCUT2D eigenvalue weighted by Gasteiger charge is 2.28. The lowest BCUT2D eigenvalue weighted by molar-refractivity contribution is 0.0798. The molecule has 5 nitrogen and oxygen atoms in total. The van der Waals surface area contributed by atoms with Gasteiger partial charge in [-0.1, -0.05) is 6.92 Å². The Morgan fingerprint density at radius 2 is 2.18 bits per heavy atom. The van der Waals surface area contributed by atoms with E-state index in [-0.39, 0.29) is 12.2 Å². The fourth-order valence-electron chi connectivity index (χ4n) is 2.68. The van der Waals surface area contributed by atoms with Crippen molar-refractivity contribution in [3.05, 3.63) is 0 Å². The number of alkyl carbamates (subject to hydrolysis) is 1. The van der Waals surface area contributed by atoms with Crippen LogP contribution in [0.5, 0.6) is 0 Å². The first kappa shape index (κ1) is 12.6. The average Bonchev–Trinajstić information content (AvgIpc) is 2.75. The fourth-order valence-corrected chi connectivity index (χ4v) is 2.68. The Labute approximate surface area is 103 Å². The zero-order valence-corrected chi connectivity index (χ0v) is 10.6. The number of piperidine rings is 1. The number of cyclic esters (lactones) is 1. The molecule has 2 heterocycles. The molecule has 2 aliphatic heterocycles. The summed E-state index contributed by atoms with van der Waals surface area (Å²) < 4.78 is 5.22. The predicted molar refractivity (Wildman–Crippen MR) is 66.0 cm³/mol. The van der Waals surface area contributed by atoms with E-state index in [1.807, 2.05) is 0 Å². The van der Waals surface area contributed by atoms with Gasteiger partial charge in [-0.3, -0.25) is 4.90 Å². The van der Waals surface area contributed by atoms with Crippen molar-refractivity contribution in [2.24, 2.45) is 0 Å². The molecule has 1 amide bonds. The molecule has 0 aliphatic carbocycles. The van der Waals surface area contributed by atoms with Crippen LogP contribution >= 0.6 is 0 Å². The first-order chi connectivity index (χ1) is 8.29. The average molecular weight is 241 g/mol. The van der Waals surface area contributed by atoms with Gasteiger partial charge in [0.05, 0.1) is 6.54 Å². The molecular weight excluding hydrogens is 218 g/mol. The normalized spacial score (nSPS) is 26.0. The van der Waals surface area contributed by atoms with Crippen molar-refractivity contribution in [2.75, 3.05) is 32.7 Å². The van der Waals surface area contributed by atoms with Crippen molar-refractivity contribution in [1.82, 2.24) is 15.5 Å². The quantitative estimate of drug-likeness (QED) is 0.738. The summed E-state index contributed by atoms with van der Waals surface area (Å²) in [5.74, 6) is 0. The van der Waals surface area contributed by atoms with Crippen molar-refractivity contribution >= 4 is 6.09 Å². The van der Waals surface area contributed by atoms with Crippen LogP contribution in [0.1, 0.15) is 26.2 Å². The predicted octanol–water partition coefficient (Wildman–Crippen LogP) is 0.559. The van der Waals surface area contributed by atoms with Crippen molar-refractivity contribution < 1.29 is 9.53 Å². The van der Waals surface area contributed by atoms with Gasteiger partial charge < -0.3 is 15.4 Å². The maximum absolute atomic E-state index is 11.0. The van der Waals surface area contributed by atoms with E-state index < -0.39 is 0 Å². The molecule has 0 aromatic rings. The van der Waals surface area contributed by atoms with Gasteiger partial charge in [0.15, 0.2) is 0 Å². The summed E-state index contributed by atoms with van der Waals surface area (Å²) in [5, 5.41) is 6.11. The van der Waals surface area contributed by atoms with Gasteiger partial charge in [0, 0.05) is 12.6 Å². The van der Waals surface area contributed by atoms with Crippen LogP contribution in [0.15, 0.2) is 0 Å². The van der Waals surface area contributed by atoms with Crippen molar-refractivity contribution in [3.63, 3.8) is 0 Å². The van der Waals surface area contributed by atoms with E-state index in [4.69, 9.17) is 4.74 Å². The molecule has 5 heteroatoms. The Balaban J connectivity index is 1.84. The van der Waals surface area contributed by atoms with Gasteiger partial charge in [-0.05, 0) is 38.9 Å². The standard InChI is InChI=1S/C12H23N3O2/c1-2-7-15(10-3-5-13-6-4-10)9-11-8-14-12(16)17-11/h10-11,13H,2-9H2,1H3,(H,14,16). The summed E-state index contributed by atoms with van der Waals surface area (Å²) in [4.78, 5) is 13.5. The van der Waals surface area contributed by atoms with E-state index in [9.17, 15) is 4.79 Å². The van der Waals surface area contributed by atoms with Gasteiger partial charge in [0.2, 0.25) is 0 Å². The Hall–Kier alpha value is -0.810. The third kappa shape index (κ3) is 3.57. The molecule has 0 aromatic carbocycles. The molecule has 0 bridgehead atoms. The largest absolute Gasteiger partial charge is 0.443 e. The lowest BCUT2D eigenvalue weighted by atomic mass is 10.0. The molecule has 2 rings (SSSR count). The van der Waals surface area contributed by atoms with E-state index >= 15 is 0 Å². The number of carbonyl (C=O) groups excluding carboxylic acids is 1. The molecule has 2 N–H and O–H groups in total. The Kier molecular flexibility index (Phi) is 4.62. The molecule has 0 radical (unpaired) electrons. The Morgan fingerprint density at radius 1 is 1.41 bits per heavy atom. The molecular formula is C12H23N3O2. The molecule has 98 valence electrons. The molecule has 0 spiro atoms. The molecule has 2 aliphatic rings. The van der Waals surface area contributed by atoms with Gasteiger partial charge in [-0.15, -0.1) is 0 Å². The summed E-state index contributed by atoms with van der Waals surface area (Å²) in [7, 11) is 0. The second kappa shape index (κ2) is 6.21. The second-order valence-electron chi connectivity index (χ2n) is 4.88. The summed E-state index contributed by atoms with van der Waals surface area (Å²) in [5.41, 5.74) is 0. The molecule has 1 atom stereocenters. The van der Waals surface area contributed by atoms with E-state index in [0.717, 1.165) is 32.6 Å². The number of nitrogens with zero attached hydrogens (tertiary/aromatic N) is 1. The van der Waals surface area contributed by atoms with E-state index in [1.165, 1.54) is 12.8 Å². The maximum atomic E-state index is 11.0. The van der Waals surface area contributed by atoms with Crippen LogP contribution in [-0.4, -0.2) is 55.9 Å². The molecule has 1 unspecified atom stereocenters. The van der Waals surface area contributed by atoms with Crippen LogP contribution in [0, 0.1) is 0 Å². The number of rotatable bonds is 5. The molecule has 17 heavy (non-hydrogen) atoms. The van der Waals surface area contributed by atoms with Crippen LogP contribution in [0.25, 0.3) is 0 Å². The van der Waals surface area contributed by atoms with Crippen molar-refractivity contribution in [1.29, 1.82) is 0 Å². The van der Waals surface area contributed by atoms with E-state index in [1.54, 1.807) is 0 Å². The summed E-state index contributed by atoms with van der Waals surface area (Å²) in [6, 6.07) is 0.649. The maximum Gasteiger partial charge on any atom is 0.407 e. The smallest absolute Gasteiger partial charge is 0.407 e. The fraction of sp³-hybridized carbons (Fsp3) is 0.917. The van der Waals surface area contributed by atoms with E-state index in [0.29, 0.717) is 12.6 Å². The van der Waals surface area contributed by atoms with Gasteiger partial charge in [0.1, 0.15) is 6.10 Å². The zero-order chi connectivity index (χ0) is 12.1. The summed E-state index contributed by atoms with van der Waals surface area (Å²) in [6.07, 6.45) is 3.32. The highest BCUT2D eigenvalue weighted by molar-refractivity contribution is 5.69. The minimum atomic E-state index is -0.267. The van der Waals surface area contributed by atoms with Crippen LogP contribution in [0.2, 0.25) is 0 Å². The van der Waals surface area contributed by atoms with Crippen LogP contribution in [0.3, 0.4) is 0 Å². The number of hydrogen-bond acceptors (Lipinski definition) is 4. The number of carbonyl (C=O) groups is 1. The van der Waals surface area contributed by atoms with Crippen molar-refractivity contribution in [3.8, 4) is 0 Å². The molecule has 0 saturated carbocycles. The lowest BCUT2D eigenvalue weighted by Gasteiger charge is -2.35. The molecule has 2 fully saturated rings. The zero-order valence-electron chi connectivity index (χ0n) is 10.6. The SMILES string of the molecule is CCCN(CC1CNC(=O)O1)C1CCNCC1. The third-order valence-electron chi connectivity index (χ3n) is 3.52. The molecule has 2 saturated heterocycles. The topological polar surface area (TPSA) is 53.6 Å². The number of amides is 1. The first-order valence-electron chi connectivity index (χ1n) is 6.69. The minimum Gasteiger partial charge on any atom is -0.443 e. The van der Waals surface area contributed by atoms with Crippen LogP contribution < -0.4 is 10.6 Å². The third-order valence-corrected chi connectivity index (χ3v) is 3.52. The van der Waals surface area contributed by atoms with Gasteiger partial charge in [-0.25, -0.2) is 4.79 Å². The molecule has 0 aromatic heterocycles. The highest BCUT2D eigenvalue weighted by atomic mass is 16.6. The number of hydrogen-bond donors (Lipinski definition) is 2.